The van der Waals surface area contributed by atoms with Gasteiger partial charge < -0.3 is 9.97 Å². The minimum atomic E-state index is -0.0311. The Bertz CT molecular complexity index is 762. The molecule has 16 heavy (non-hydrogen) atoms. The first-order chi connectivity index (χ1) is 7.68. The highest BCUT2D eigenvalue weighted by atomic mass is 32.1. The number of H-pyrrole nitrogens is 2. The highest BCUT2D eigenvalue weighted by Gasteiger charge is 2.14. The zero-order valence-electron chi connectivity index (χ0n) is 8.57. The van der Waals surface area contributed by atoms with Gasteiger partial charge in [-0.05, 0) is 18.3 Å². The van der Waals surface area contributed by atoms with Gasteiger partial charge in [0, 0.05) is 12.3 Å². The normalized spacial score (nSPS) is 11.3. The van der Waals surface area contributed by atoms with Crippen LogP contribution in [0.1, 0.15) is 11.7 Å². The van der Waals surface area contributed by atoms with Crippen LogP contribution in [0.5, 0.6) is 0 Å². The topological polar surface area (TPSA) is 53.6 Å². The monoisotopic (exact) mass is 231 g/mol. The Morgan fingerprint density at radius 2 is 2.06 bits per heavy atom. The number of carbonyl (C=O) groups excluding carboxylic acids is 1. The summed E-state index contributed by atoms with van der Waals surface area (Å²) in [7, 11) is 0. The molecule has 0 unspecified atom stereocenters. The fourth-order valence-corrected chi connectivity index (χ4v) is 2.26. The Balaban J connectivity index is 2.67. The van der Waals surface area contributed by atoms with Crippen LogP contribution in [0, 0.1) is 4.77 Å². The molecule has 0 saturated carbocycles. The summed E-state index contributed by atoms with van der Waals surface area (Å²) in [6, 6.07) is 7.74. The van der Waals surface area contributed by atoms with Gasteiger partial charge in [0.05, 0.1) is 11.0 Å². The van der Waals surface area contributed by atoms with E-state index in [4.69, 9.17) is 12.2 Å². The third-order valence-electron chi connectivity index (χ3n) is 2.66. The fourth-order valence-electron chi connectivity index (χ4n) is 2.06. The molecule has 0 amide bonds. The smallest absolute Gasteiger partial charge is 0.229 e. The molecule has 0 spiro atoms. The third kappa shape index (κ3) is 1.09. The zero-order chi connectivity index (χ0) is 11.3. The molecular weight excluding hydrogens is 222 g/mol. The second-order valence-corrected chi connectivity index (χ2v) is 4.08. The highest BCUT2D eigenvalue weighted by molar-refractivity contribution is 7.71. The average molecular weight is 231 g/mol. The Kier molecular flexibility index (Phi) is 1.79. The lowest BCUT2D eigenvalue weighted by molar-refractivity contribution is 0.0946. The van der Waals surface area contributed by atoms with E-state index in [1.54, 1.807) is 4.57 Å². The van der Waals surface area contributed by atoms with Crippen molar-refractivity contribution < 1.29 is 4.79 Å². The Morgan fingerprint density at radius 1 is 1.31 bits per heavy atom. The van der Waals surface area contributed by atoms with Crippen LogP contribution in [0.25, 0.3) is 22.1 Å². The van der Waals surface area contributed by atoms with E-state index in [0.717, 1.165) is 22.1 Å². The molecule has 3 aromatic rings. The van der Waals surface area contributed by atoms with E-state index in [9.17, 15) is 4.79 Å². The number of imidazole rings is 1. The number of hydrogen-bond acceptors (Lipinski definition) is 2. The summed E-state index contributed by atoms with van der Waals surface area (Å²) in [6.07, 6.45) is 0. The summed E-state index contributed by atoms with van der Waals surface area (Å²) in [6.45, 7) is 1.54. The SMILES string of the molecule is CC(=O)n1c2ccccc2c2[nH]c(=S)[nH]c21. The van der Waals surface area contributed by atoms with Crippen molar-refractivity contribution in [2.75, 3.05) is 0 Å². The maximum atomic E-state index is 11.6. The summed E-state index contributed by atoms with van der Waals surface area (Å²) in [5.74, 6) is -0.0311. The molecule has 2 heterocycles. The van der Waals surface area contributed by atoms with Crippen LogP contribution in [-0.2, 0) is 0 Å². The standard InChI is InChI=1S/C11H9N3OS/c1-6(15)14-8-5-3-2-4-7(8)9-10(14)13-11(16)12-9/h2-5H,1H3,(H2,12,13,16). The zero-order valence-corrected chi connectivity index (χ0v) is 9.39. The van der Waals surface area contributed by atoms with E-state index in [-0.39, 0.29) is 5.91 Å². The first kappa shape index (κ1) is 9.35. The van der Waals surface area contributed by atoms with Gasteiger partial charge in [-0.25, -0.2) is 0 Å². The Labute approximate surface area is 95.9 Å². The van der Waals surface area contributed by atoms with Crippen LogP contribution in [0.4, 0.5) is 0 Å². The molecule has 0 fully saturated rings. The van der Waals surface area contributed by atoms with E-state index in [0.29, 0.717) is 4.77 Å². The highest BCUT2D eigenvalue weighted by Crippen LogP contribution is 2.26. The number of carbonyl (C=O) groups is 1. The molecular formula is C11H9N3OS. The van der Waals surface area contributed by atoms with Crippen molar-refractivity contribution in [1.29, 1.82) is 0 Å². The molecule has 0 aliphatic heterocycles. The number of aromatic amines is 2. The molecule has 1 aromatic carbocycles. The number of fused-ring (bicyclic) bond motifs is 3. The fraction of sp³-hybridized carbons (Fsp3) is 0.0909. The number of rotatable bonds is 0. The number of nitrogens with one attached hydrogen (secondary N) is 2. The largest absolute Gasteiger partial charge is 0.329 e. The van der Waals surface area contributed by atoms with E-state index in [1.165, 1.54) is 6.92 Å². The Morgan fingerprint density at radius 3 is 2.81 bits per heavy atom. The van der Waals surface area contributed by atoms with E-state index in [2.05, 4.69) is 9.97 Å². The van der Waals surface area contributed by atoms with Crippen LogP contribution in [0.15, 0.2) is 24.3 Å². The minimum absolute atomic E-state index is 0.0311. The van der Waals surface area contributed by atoms with E-state index in [1.807, 2.05) is 24.3 Å². The summed E-state index contributed by atoms with van der Waals surface area (Å²) in [4.78, 5) is 17.7. The number of aromatic nitrogens is 3. The Hall–Kier alpha value is -1.88. The predicted octanol–water partition coefficient (Wildman–Crippen LogP) is 2.84. The lowest BCUT2D eigenvalue weighted by atomic mass is 10.2. The van der Waals surface area contributed by atoms with E-state index >= 15 is 0 Å². The van der Waals surface area contributed by atoms with Crippen LogP contribution in [0.2, 0.25) is 0 Å². The summed E-state index contributed by atoms with van der Waals surface area (Å²) in [5.41, 5.74) is 2.51. The van der Waals surface area contributed by atoms with Crippen LogP contribution in [-0.4, -0.2) is 20.4 Å². The molecule has 3 rings (SSSR count). The van der Waals surface area contributed by atoms with Gasteiger partial charge in [-0.15, -0.1) is 0 Å². The van der Waals surface area contributed by atoms with Gasteiger partial charge in [0.1, 0.15) is 5.65 Å². The molecule has 0 radical (unpaired) electrons. The molecule has 2 aromatic heterocycles. The van der Waals surface area contributed by atoms with Crippen molar-refractivity contribution in [3.8, 4) is 0 Å². The molecule has 0 bridgehead atoms. The molecule has 5 heteroatoms. The number of benzene rings is 1. The third-order valence-corrected chi connectivity index (χ3v) is 2.86. The van der Waals surface area contributed by atoms with Crippen molar-refractivity contribution in [2.24, 2.45) is 0 Å². The molecule has 80 valence electrons. The average Bonchev–Trinajstić information content (AvgIpc) is 2.72. The van der Waals surface area contributed by atoms with Crippen molar-refractivity contribution in [1.82, 2.24) is 14.5 Å². The number of para-hydroxylation sites is 1. The van der Waals surface area contributed by atoms with Crippen LogP contribution >= 0.6 is 12.2 Å². The molecule has 0 aliphatic carbocycles. The molecule has 0 atom stereocenters. The summed E-state index contributed by atoms with van der Waals surface area (Å²) >= 11 is 5.04. The van der Waals surface area contributed by atoms with Gasteiger partial charge in [-0.1, -0.05) is 18.2 Å². The second-order valence-electron chi connectivity index (χ2n) is 3.67. The van der Waals surface area contributed by atoms with Crippen molar-refractivity contribution >= 4 is 40.2 Å². The summed E-state index contributed by atoms with van der Waals surface area (Å²) < 4.78 is 2.17. The summed E-state index contributed by atoms with van der Waals surface area (Å²) in [5, 5.41) is 1.00. The van der Waals surface area contributed by atoms with Gasteiger partial charge in [-0.3, -0.25) is 9.36 Å². The lowest BCUT2D eigenvalue weighted by Crippen LogP contribution is -2.04. The van der Waals surface area contributed by atoms with Crippen LogP contribution in [0.3, 0.4) is 0 Å². The van der Waals surface area contributed by atoms with E-state index < -0.39 is 0 Å². The van der Waals surface area contributed by atoms with Gasteiger partial charge in [-0.2, -0.15) is 0 Å². The van der Waals surface area contributed by atoms with Crippen molar-refractivity contribution in [3.63, 3.8) is 0 Å². The van der Waals surface area contributed by atoms with Gasteiger partial charge >= 0.3 is 0 Å². The van der Waals surface area contributed by atoms with Gasteiger partial charge in [0.2, 0.25) is 5.91 Å². The molecule has 0 saturated heterocycles. The van der Waals surface area contributed by atoms with Crippen LogP contribution < -0.4 is 0 Å². The van der Waals surface area contributed by atoms with Gasteiger partial charge in [0.25, 0.3) is 0 Å². The van der Waals surface area contributed by atoms with Gasteiger partial charge in [0.15, 0.2) is 4.77 Å². The second kappa shape index (κ2) is 3.05. The maximum absolute atomic E-state index is 11.6. The van der Waals surface area contributed by atoms with Crippen molar-refractivity contribution in [2.45, 2.75) is 6.92 Å². The molecule has 2 N–H and O–H groups in total. The first-order valence-corrected chi connectivity index (χ1v) is 5.31. The van der Waals surface area contributed by atoms with Crippen molar-refractivity contribution in [3.05, 3.63) is 29.0 Å². The lowest BCUT2D eigenvalue weighted by Gasteiger charge is -1.98. The number of nitrogens with zero attached hydrogens (tertiary/aromatic N) is 1. The maximum Gasteiger partial charge on any atom is 0.229 e. The minimum Gasteiger partial charge on any atom is -0.329 e. The quantitative estimate of drug-likeness (QED) is 0.584. The number of hydrogen-bond donors (Lipinski definition) is 2. The molecule has 0 aliphatic rings. The first-order valence-electron chi connectivity index (χ1n) is 4.91. The molecule has 4 nitrogen and oxygen atoms in total. The predicted molar refractivity (Wildman–Crippen MR) is 65.3 cm³/mol.